The van der Waals surface area contributed by atoms with Gasteiger partial charge in [0.15, 0.2) is 5.11 Å². The third-order valence-corrected chi connectivity index (χ3v) is 4.23. The highest BCUT2D eigenvalue weighted by molar-refractivity contribution is 7.80. The molecule has 0 aliphatic carbocycles. The highest BCUT2D eigenvalue weighted by Gasteiger charge is 2.26. The lowest BCUT2D eigenvalue weighted by molar-refractivity contribution is 0.262. The minimum Gasteiger partial charge on any atom is -0.357 e. The smallest absolute Gasteiger partial charge is 0.171 e. The molecule has 0 bridgehead atoms. The molecule has 0 saturated heterocycles. The maximum Gasteiger partial charge on any atom is 0.171 e. The van der Waals surface area contributed by atoms with Crippen LogP contribution in [0.5, 0.6) is 0 Å². The molecule has 1 aromatic heterocycles. The molecule has 7 heteroatoms. The van der Waals surface area contributed by atoms with Crippen LogP contribution in [0.1, 0.15) is 20.8 Å². The average molecular weight is 371 g/mol. The standard InChI is InChI=1S/C16H20Cl2N4S/c1-16(2,3)14(10-22-8-4-7-19-22)21-15(23)20-13-6-5-11(17)9-12(13)18/h4-9,14H,10H2,1-3H3,(H2,20,21,23). The SMILES string of the molecule is CC(C)(C)C(Cn1cccn1)NC(=S)Nc1ccc(Cl)cc1Cl. The van der Waals surface area contributed by atoms with Crippen molar-refractivity contribution in [1.29, 1.82) is 0 Å². The van der Waals surface area contributed by atoms with Crippen LogP contribution in [0, 0.1) is 5.41 Å². The zero-order valence-electron chi connectivity index (χ0n) is 13.3. The maximum absolute atomic E-state index is 6.17. The summed E-state index contributed by atoms with van der Waals surface area (Å²) < 4.78 is 1.89. The molecule has 1 heterocycles. The van der Waals surface area contributed by atoms with E-state index in [4.69, 9.17) is 35.4 Å². The van der Waals surface area contributed by atoms with Gasteiger partial charge in [-0.1, -0.05) is 44.0 Å². The molecule has 0 radical (unpaired) electrons. The quantitative estimate of drug-likeness (QED) is 0.772. The van der Waals surface area contributed by atoms with Gasteiger partial charge in [-0.25, -0.2) is 0 Å². The molecule has 2 aromatic rings. The largest absolute Gasteiger partial charge is 0.357 e. The Bertz CT molecular complexity index is 665. The van der Waals surface area contributed by atoms with Gasteiger partial charge in [0.2, 0.25) is 0 Å². The van der Waals surface area contributed by atoms with E-state index >= 15 is 0 Å². The van der Waals surface area contributed by atoms with Crippen LogP contribution in [-0.2, 0) is 6.54 Å². The first kappa shape index (κ1) is 18.0. The molecule has 4 nitrogen and oxygen atoms in total. The number of rotatable bonds is 4. The van der Waals surface area contributed by atoms with Crippen molar-refractivity contribution in [1.82, 2.24) is 15.1 Å². The van der Waals surface area contributed by atoms with Gasteiger partial charge in [-0.05, 0) is 41.9 Å². The number of aromatic nitrogens is 2. The summed E-state index contributed by atoms with van der Waals surface area (Å²) in [5.41, 5.74) is 0.724. The fourth-order valence-corrected chi connectivity index (χ4v) is 2.75. The molecule has 0 aliphatic rings. The predicted octanol–water partition coefficient (Wildman–Crippen LogP) is 4.59. The first-order valence-corrected chi connectivity index (χ1v) is 8.42. The lowest BCUT2D eigenvalue weighted by atomic mass is 9.87. The van der Waals surface area contributed by atoms with Gasteiger partial charge in [0.1, 0.15) is 0 Å². The highest BCUT2D eigenvalue weighted by atomic mass is 35.5. The summed E-state index contributed by atoms with van der Waals surface area (Å²) in [5, 5.41) is 12.4. The van der Waals surface area contributed by atoms with Crippen LogP contribution in [0.25, 0.3) is 0 Å². The Kier molecular flexibility index (Phi) is 5.89. The highest BCUT2D eigenvalue weighted by Crippen LogP contribution is 2.26. The molecular formula is C16H20Cl2N4S. The van der Waals surface area contributed by atoms with Crippen LogP contribution < -0.4 is 10.6 Å². The van der Waals surface area contributed by atoms with Crippen LogP contribution in [0.2, 0.25) is 10.0 Å². The number of hydrogen-bond donors (Lipinski definition) is 2. The summed E-state index contributed by atoms with van der Waals surface area (Å²) in [7, 11) is 0. The number of benzene rings is 1. The van der Waals surface area contributed by atoms with Crippen molar-refractivity contribution >= 4 is 46.2 Å². The Morgan fingerprint density at radius 3 is 2.65 bits per heavy atom. The first-order valence-electron chi connectivity index (χ1n) is 7.26. The van der Waals surface area contributed by atoms with Crippen LogP contribution in [0.3, 0.4) is 0 Å². The van der Waals surface area contributed by atoms with Gasteiger partial charge in [-0.2, -0.15) is 5.10 Å². The molecule has 0 spiro atoms. The second kappa shape index (κ2) is 7.51. The van der Waals surface area contributed by atoms with E-state index in [1.807, 2.05) is 16.9 Å². The van der Waals surface area contributed by atoms with E-state index in [2.05, 4.69) is 36.5 Å². The van der Waals surface area contributed by atoms with Gasteiger partial charge in [-0.3, -0.25) is 4.68 Å². The number of thiocarbonyl (C=S) groups is 1. The molecule has 0 amide bonds. The molecule has 0 aliphatic heterocycles. The number of nitrogens with one attached hydrogen (secondary N) is 2. The van der Waals surface area contributed by atoms with Gasteiger partial charge in [0.05, 0.1) is 23.3 Å². The third kappa shape index (κ3) is 5.37. The number of anilines is 1. The fraction of sp³-hybridized carbons (Fsp3) is 0.375. The summed E-state index contributed by atoms with van der Waals surface area (Å²) in [6.07, 6.45) is 3.71. The Hall–Kier alpha value is -1.30. The van der Waals surface area contributed by atoms with E-state index < -0.39 is 0 Å². The zero-order valence-corrected chi connectivity index (χ0v) is 15.6. The zero-order chi connectivity index (χ0) is 17.0. The lowest BCUT2D eigenvalue weighted by Crippen LogP contribution is -2.48. The van der Waals surface area contributed by atoms with E-state index in [0.29, 0.717) is 21.7 Å². The number of halogens is 2. The van der Waals surface area contributed by atoms with Crippen LogP contribution in [-0.4, -0.2) is 20.9 Å². The summed E-state index contributed by atoms with van der Waals surface area (Å²) in [4.78, 5) is 0. The summed E-state index contributed by atoms with van der Waals surface area (Å²) in [5.74, 6) is 0. The van der Waals surface area contributed by atoms with Crippen molar-refractivity contribution in [3.05, 3.63) is 46.7 Å². The normalized spacial score (nSPS) is 12.7. The summed E-state index contributed by atoms with van der Waals surface area (Å²) in [6.45, 7) is 7.19. The van der Waals surface area contributed by atoms with Crippen molar-refractivity contribution in [3.8, 4) is 0 Å². The Morgan fingerprint density at radius 1 is 1.35 bits per heavy atom. The molecular weight excluding hydrogens is 351 g/mol. The molecule has 23 heavy (non-hydrogen) atoms. The van der Waals surface area contributed by atoms with Gasteiger partial charge in [0, 0.05) is 17.4 Å². The van der Waals surface area contributed by atoms with Gasteiger partial charge >= 0.3 is 0 Å². The number of hydrogen-bond acceptors (Lipinski definition) is 2. The van der Waals surface area contributed by atoms with Gasteiger partial charge < -0.3 is 10.6 Å². The first-order chi connectivity index (χ1) is 10.8. The van der Waals surface area contributed by atoms with Gasteiger partial charge in [-0.15, -0.1) is 0 Å². The molecule has 1 unspecified atom stereocenters. The molecule has 1 atom stereocenters. The van der Waals surface area contributed by atoms with E-state index in [9.17, 15) is 0 Å². The average Bonchev–Trinajstić information content (AvgIpc) is 2.93. The van der Waals surface area contributed by atoms with Crippen LogP contribution in [0.4, 0.5) is 5.69 Å². The Morgan fingerprint density at radius 2 is 2.09 bits per heavy atom. The molecule has 0 saturated carbocycles. The topological polar surface area (TPSA) is 41.9 Å². The molecule has 0 fully saturated rings. The van der Waals surface area contributed by atoms with E-state index in [1.54, 1.807) is 24.4 Å². The van der Waals surface area contributed by atoms with Crippen LogP contribution in [0.15, 0.2) is 36.7 Å². The van der Waals surface area contributed by atoms with Gasteiger partial charge in [0.25, 0.3) is 0 Å². The summed E-state index contributed by atoms with van der Waals surface area (Å²) in [6, 6.07) is 7.26. The second-order valence-electron chi connectivity index (χ2n) is 6.37. The molecule has 1 aromatic carbocycles. The van der Waals surface area contributed by atoms with E-state index in [1.165, 1.54) is 0 Å². The van der Waals surface area contributed by atoms with E-state index in [-0.39, 0.29) is 11.5 Å². The maximum atomic E-state index is 6.17. The van der Waals surface area contributed by atoms with Crippen LogP contribution >= 0.6 is 35.4 Å². The third-order valence-electron chi connectivity index (χ3n) is 3.46. The monoisotopic (exact) mass is 370 g/mol. The van der Waals surface area contributed by atoms with Crippen molar-refractivity contribution in [2.24, 2.45) is 5.41 Å². The van der Waals surface area contributed by atoms with Crippen molar-refractivity contribution in [2.75, 3.05) is 5.32 Å². The summed E-state index contributed by atoms with van der Waals surface area (Å²) >= 11 is 17.5. The van der Waals surface area contributed by atoms with Crippen molar-refractivity contribution < 1.29 is 0 Å². The van der Waals surface area contributed by atoms with Crippen molar-refractivity contribution in [3.63, 3.8) is 0 Å². The minimum atomic E-state index is 0.00147. The van der Waals surface area contributed by atoms with Crippen molar-refractivity contribution in [2.45, 2.75) is 33.4 Å². The lowest BCUT2D eigenvalue weighted by Gasteiger charge is -2.32. The second-order valence-corrected chi connectivity index (χ2v) is 7.62. The predicted molar refractivity (Wildman–Crippen MR) is 101 cm³/mol. The minimum absolute atomic E-state index is 0.00147. The Balaban J connectivity index is 2.05. The molecule has 124 valence electrons. The van der Waals surface area contributed by atoms with E-state index in [0.717, 1.165) is 5.69 Å². The fourth-order valence-electron chi connectivity index (χ4n) is 2.04. The molecule has 2 rings (SSSR count). The number of nitrogens with zero attached hydrogens (tertiary/aromatic N) is 2. The molecule has 2 N–H and O–H groups in total. The Labute approximate surface area is 152 Å².